The van der Waals surface area contributed by atoms with Crippen LogP contribution in [0.4, 0.5) is 15.3 Å². The van der Waals surface area contributed by atoms with Gasteiger partial charge < -0.3 is 25.6 Å². The van der Waals surface area contributed by atoms with E-state index in [1.165, 1.54) is 17.0 Å². The normalized spacial score (nSPS) is 31.2. The van der Waals surface area contributed by atoms with E-state index in [0.717, 1.165) is 5.56 Å². The fraction of sp³-hybridized carbons (Fsp3) is 0.467. The fourth-order valence-corrected chi connectivity index (χ4v) is 3.57. The van der Waals surface area contributed by atoms with Crippen LogP contribution in [0.1, 0.15) is 18.5 Å². The minimum absolute atomic E-state index is 0.0777. The summed E-state index contributed by atoms with van der Waals surface area (Å²) in [6.45, 7) is 1.91. The Hall–Kier alpha value is -2.36. The topological polar surface area (TPSA) is 112 Å². The van der Waals surface area contributed by atoms with Crippen molar-refractivity contribution in [2.75, 3.05) is 14.1 Å². The SMILES string of the molecule is C[C@@H]1NC(=O)N(C)[C@@H]2NC(=O)N(C)[C@@H](c3ccc([NH+]([O-])O)cc3)[C@@H]12. The Balaban J connectivity index is 1.99. The van der Waals surface area contributed by atoms with E-state index >= 15 is 0 Å². The molecule has 2 fully saturated rings. The van der Waals surface area contributed by atoms with Crippen molar-refractivity contribution >= 4 is 17.7 Å². The highest BCUT2D eigenvalue weighted by atomic mass is 16.8. The Morgan fingerprint density at radius 2 is 1.67 bits per heavy atom. The molecule has 1 aromatic rings. The summed E-state index contributed by atoms with van der Waals surface area (Å²) in [5.41, 5.74) is 1.03. The minimum atomic E-state index is -0.993. The molecule has 4 N–H and O–H groups in total. The summed E-state index contributed by atoms with van der Waals surface area (Å²) in [4.78, 5) is 27.4. The molecule has 1 aromatic carbocycles. The lowest BCUT2D eigenvalue weighted by atomic mass is 9.81. The van der Waals surface area contributed by atoms with E-state index in [2.05, 4.69) is 10.6 Å². The minimum Gasteiger partial charge on any atom is -0.595 e. The van der Waals surface area contributed by atoms with Crippen LogP contribution >= 0.6 is 0 Å². The van der Waals surface area contributed by atoms with Crippen LogP contribution in [0.15, 0.2) is 24.3 Å². The second-order valence-electron chi connectivity index (χ2n) is 6.30. The van der Waals surface area contributed by atoms with E-state index in [1.807, 2.05) is 6.92 Å². The third kappa shape index (κ3) is 2.56. The largest absolute Gasteiger partial charge is 0.595 e. The highest BCUT2D eigenvalue weighted by Crippen LogP contribution is 2.38. The molecule has 0 spiro atoms. The molecule has 9 heteroatoms. The maximum Gasteiger partial charge on any atom is 0.319 e. The molecule has 130 valence electrons. The Morgan fingerprint density at radius 3 is 2.25 bits per heavy atom. The molecule has 2 saturated heterocycles. The third-order valence-corrected chi connectivity index (χ3v) is 4.90. The average Bonchev–Trinajstić information content (AvgIpc) is 2.54. The summed E-state index contributed by atoms with van der Waals surface area (Å²) >= 11 is 0. The standard InChI is InChI=1S/C15H21N5O4/c1-8-11-12(9-4-6-10(7-5-9)20(23)24)18(2)15(22)17-13(11)19(3)14(21)16-8/h4-8,11-13,20,23H,1-3H3,(H,16,21)(H,17,22)/t8-,11+,12-,13-/m0/s1. The molecule has 9 nitrogen and oxygen atoms in total. The number of carbonyl (C=O) groups excluding carboxylic acids is 2. The van der Waals surface area contributed by atoms with Crippen LogP contribution in [0, 0.1) is 11.1 Å². The molecule has 2 aliphatic heterocycles. The summed E-state index contributed by atoms with van der Waals surface area (Å²) in [5, 5.41) is 24.9. The van der Waals surface area contributed by atoms with Gasteiger partial charge in [0, 0.05) is 38.2 Å². The molecule has 0 radical (unpaired) electrons. The maximum atomic E-state index is 12.3. The van der Waals surface area contributed by atoms with Gasteiger partial charge in [-0.1, -0.05) is 12.1 Å². The van der Waals surface area contributed by atoms with Gasteiger partial charge in [0.1, 0.15) is 6.17 Å². The van der Waals surface area contributed by atoms with E-state index in [-0.39, 0.29) is 35.8 Å². The van der Waals surface area contributed by atoms with Crippen LogP contribution in [0.2, 0.25) is 0 Å². The Bertz CT molecular complexity index is 650. The number of amides is 4. The van der Waals surface area contributed by atoms with Gasteiger partial charge in [-0.2, -0.15) is 5.23 Å². The van der Waals surface area contributed by atoms with E-state index in [1.54, 1.807) is 31.1 Å². The third-order valence-electron chi connectivity index (χ3n) is 4.90. The monoisotopic (exact) mass is 335 g/mol. The van der Waals surface area contributed by atoms with Gasteiger partial charge in [-0.3, -0.25) is 0 Å². The van der Waals surface area contributed by atoms with Crippen molar-refractivity contribution in [2.24, 2.45) is 5.92 Å². The lowest BCUT2D eigenvalue weighted by Gasteiger charge is -2.52. The smallest absolute Gasteiger partial charge is 0.319 e. The van der Waals surface area contributed by atoms with Gasteiger partial charge in [0.15, 0.2) is 5.69 Å². The number of carbonyl (C=O) groups is 2. The first kappa shape index (κ1) is 16.5. The van der Waals surface area contributed by atoms with Crippen molar-refractivity contribution in [1.29, 1.82) is 0 Å². The zero-order valence-electron chi connectivity index (χ0n) is 13.7. The van der Waals surface area contributed by atoms with Crippen LogP contribution in [0.5, 0.6) is 0 Å². The van der Waals surface area contributed by atoms with Gasteiger partial charge in [0.2, 0.25) is 0 Å². The predicted molar refractivity (Wildman–Crippen MR) is 84.3 cm³/mol. The van der Waals surface area contributed by atoms with Gasteiger partial charge in [-0.25, -0.2) is 14.8 Å². The number of nitrogens with one attached hydrogen (secondary N) is 3. The number of urea groups is 2. The van der Waals surface area contributed by atoms with Crippen molar-refractivity contribution in [2.45, 2.75) is 25.2 Å². The molecular formula is C15H21N5O4. The first-order valence-electron chi connectivity index (χ1n) is 7.71. The van der Waals surface area contributed by atoms with Crippen LogP contribution < -0.4 is 15.9 Å². The molecule has 0 aromatic heterocycles. The molecule has 5 atom stereocenters. The van der Waals surface area contributed by atoms with Crippen molar-refractivity contribution in [3.63, 3.8) is 0 Å². The van der Waals surface area contributed by atoms with Gasteiger partial charge in [-0.15, -0.1) is 0 Å². The lowest BCUT2D eigenvalue weighted by Crippen LogP contribution is -2.99. The van der Waals surface area contributed by atoms with Crippen molar-refractivity contribution < 1.29 is 20.0 Å². The van der Waals surface area contributed by atoms with Crippen molar-refractivity contribution in [3.8, 4) is 0 Å². The van der Waals surface area contributed by atoms with E-state index in [4.69, 9.17) is 5.21 Å². The Labute approximate surface area is 139 Å². The summed E-state index contributed by atoms with van der Waals surface area (Å²) < 4.78 is 0. The summed E-state index contributed by atoms with van der Waals surface area (Å²) in [6, 6.07) is 5.60. The molecular weight excluding hydrogens is 314 g/mol. The molecule has 0 bridgehead atoms. The summed E-state index contributed by atoms with van der Waals surface area (Å²) in [7, 11) is 3.35. The number of rotatable bonds is 2. The number of benzene rings is 1. The number of nitrogens with zero attached hydrogens (tertiary/aromatic N) is 2. The van der Waals surface area contributed by atoms with Gasteiger partial charge in [-0.05, 0) is 12.5 Å². The van der Waals surface area contributed by atoms with Gasteiger partial charge in [0.05, 0.1) is 6.04 Å². The number of hydrogen-bond acceptors (Lipinski definition) is 4. The molecule has 2 heterocycles. The van der Waals surface area contributed by atoms with Crippen molar-refractivity contribution in [1.82, 2.24) is 20.4 Å². The molecule has 1 unspecified atom stereocenters. The fourth-order valence-electron chi connectivity index (χ4n) is 3.57. The van der Waals surface area contributed by atoms with Crippen LogP contribution in [-0.2, 0) is 0 Å². The number of quaternary nitrogens is 1. The van der Waals surface area contributed by atoms with E-state index < -0.39 is 11.4 Å². The maximum absolute atomic E-state index is 12.3. The molecule has 0 saturated carbocycles. The first-order chi connectivity index (χ1) is 11.3. The number of fused-ring (bicyclic) bond motifs is 1. The highest BCUT2D eigenvalue weighted by Gasteiger charge is 2.49. The molecule has 3 rings (SSSR count). The zero-order chi connectivity index (χ0) is 17.6. The lowest BCUT2D eigenvalue weighted by molar-refractivity contribution is -0.991. The average molecular weight is 335 g/mol. The Morgan fingerprint density at radius 1 is 1.08 bits per heavy atom. The van der Waals surface area contributed by atoms with E-state index in [0.29, 0.717) is 0 Å². The second-order valence-corrected chi connectivity index (χ2v) is 6.30. The highest BCUT2D eigenvalue weighted by molar-refractivity contribution is 5.80. The summed E-state index contributed by atoms with van der Waals surface area (Å²) in [5.74, 6) is -0.0777. The first-order valence-corrected chi connectivity index (χ1v) is 7.71. The molecule has 4 amide bonds. The van der Waals surface area contributed by atoms with E-state index in [9.17, 15) is 14.8 Å². The van der Waals surface area contributed by atoms with Crippen LogP contribution in [0.25, 0.3) is 0 Å². The molecule has 2 aliphatic rings. The Kier molecular flexibility index (Phi) is 4.08. The van der Waals surface area contributed by atoms with Crippen molar-refractivity contribution in [3.05, 3.63) is 35.0 Å². The van der Waals surface area contributed by atoms with Gasteiger partial charge in [0.25, 0.3) is 0 Å². The second kappa shape index (κ2) is 5.93. The number of hydrogen-bond donors (Lipinski definition) is 4. The summed E-state index contributed by atoms with van der Waals surface area (Å²) in [6.07, 6.45) is -0.415. The van der Waals surface area contributed by atoms with Crippen LogP contribution in [0.3, 0.4) is 0 Å². The zero-order valence-corrected chi connectivity index (χ0v) is 13.7. The van der Waals surface area contributed by atoms with Gasteiger partial charge >= 0.3 is 12.1 Å². The predicted octanol–water partition coefficient (Wildman–Crippen LogP) is -0.228. The molecule has 0 aliphatic carbocycles. The molecule has 24 heavy (non-hydrogen) atoms. The van der Waals surface area contributed by atoms with Crippen LogP contribution in [-0.4, -0.2) is 53.4 Å². The quantitative estimate of drug-likeness (QED) is 0.559.